The zero-order chi connectivity index (χ0) is 30.9. The summed E-state index contributed by atoms with van der Waals surface area (Å²) in [6.45, 7) is 11.9. The number of esters is 1. The number of rotatable bonds is 2. The van der Waals surface area contributed by atoms with Gasteiger partial charge in [0.2, 0.25) is 5.91 Å². The summed E-state index contributed by atoms with van der Waals surface area (Å²) in [5.74, 6) is -1.98. The highest BCUT2D eigenvalue weighted by Gasteiger charge is 2.59. The van der Waals surface area contributed by atoms with E-state index < -0.39 is 35.5 Å². The quantitative estimate of drug-likeness (QED) is 0.260. The molecule has 0 aromatic heterocycles. The van der Waals surface area contributed by atoms with E-state index in [0.29, 0.717) is 42.0 Å². The van der Waals surface area contributed by atoms with Crippen molar-refractivity contribution in [3.8, 4) is 0 Å². The average Bonchev–Trinajstić information content (AvgIpc) is 3.28. The summed E-state index contributed by atoms with van der Waals surface area (Å²) in [4.78, 5) is 25.8. The molecule has 2 bridgehead atoms. The number of hydrogen-bond donors (Lipinski definition) is 2. The van der Waals surface area contributed by atoms with Crippen molar-refractivity contribution in [2.45, 2.75) is 122 Å². The van der Waals surface area contributed by atoms with Gasteiger partial charge in [-0.2, -0.15) is 5.10 Å². The number of hydrogen-bond acceptors (Lipinski definition) is 8. The van der Waals surface area contributed by atoms with Gasteiger partial charge in [0.15, 0.2) is 5.79 Å². The molecule has 0 aromatic carbocycles. The number of fused-ring (bicyclic) bond motifs is 2. The van der Waals surface area contributed by atoms with Crippen LogP contribution in [0.5, 0.6) is 0 Å². The highest BCUT2D eigenvalue weighted by molar-refractivity contribution is 6.07. The number of hydrazone groups is 1. The molecule has 3 saturated heterocycles. The molecule has 5 rings (SSSR count). The highest BCUT2D eigenvalue weighted by Crippen LogP contribution is 2.46. The molecule has 9 atom stereocenters. The van der Waals surface area contributed by atoms with Gasteiger partial charge in [-0.25, -0.2) is 5.43 Å². The standard InChI is InChI=1S/C34H48N2O7/c1-7-29-22(4)13-14-33(43-29)18-27-17-26(42-33)12-11-21(3)15-20(2)9-8-10-25-19-40-31-30(36-35-24(6)37)23(5)16-28(32(38)41-27)34(25,31)39/h8-11,16,20,22,26-29,31,39H,7,12-15,17-19H2,1-6H3,(H,35,37)/b9-8+,21-11+,25-10+,36-30-/t20-,22-,26+,27-,28-,29+,31+,33+,34+/m0/s1. The monoisotopic (exact) mass is 596 g/mol. The smallest absolute Gasteiger partial charge is 0.316 e. The molecule has 0 unspecified atom stereocenters. The minimum absolute atomic E-state index is 0.0849. The van der Waals surface area contributed by atoms with Gasteiger partial charge in [-0.15, -0.1) is 0 Å². The lowest BCUT2D eigenvalue weighted by Gasteiger charge is -2.49. The Morgan fingerprint density at radius 1 is 1.21 bits per heavy atom. The van der Waals surface area contributed by atoms with E-state index in [-0.39, 0.29) is 30.6 Å². The maximum Gasteiger partial charge on any atom is 0.316 e. The number of nitrogens with one attached hydrogen (secondary N) is 1. The Balaban J connectivity index is 1.54. The van der Waals surface area contributed by atoms with Crippen molar-refractivity contribution in [3.63, 3.8) is 0 Å². The van der Waals surface area contributed by atoms with Crippen LogP contribution in [0, 0.1) is 17.8 Å². The van der Waals surface area contributed by atoms with Gasteiger partial charge in [0.05, 0.1) is 24.5 Å². The van der Waals surface area contributed by atoms with Crippen LogP contribution in [-0.4, -0.2) is 65.1 Å². The number of allylic oxidation sites excluding steroid dienone is 4. The lowest BCUT2D eigenvalue weighted by atomic mass is 9.71. The van der Waals surface area contributed by atoms with E-state index in [1.807, 2.05) is 12.2 Å². The molecule has 9 heteroatoms. The fourth-order valence-corrected chi connectivity index (χ4v) is 7.37. The number of aliphatic hydroxyl groups is 1. The fourth-order valence-electron chi connectivity index (χ4n) is 7.37. The van der Waals surface area contributed by atoms with Crippen molar-refractivity contribution < 1.29 is 33.6 Å². The maximum absolute atomic E-state index is 14.1. The van der Waals surface area contributed by atoms with Gasteiger partial charge < -0.3 is 24.1 Å². The van der Waals surface area contributed by atoms with Gasteiger partial charge >= 0.3 is 5.97 Å². The van der Waals surface area contributed by atoms with Crippen LogP contribution in [0.1, 0.15) is 86.5 Å². The Bertz CT molecular complexity index is 1250. The molecule has 9 nitrogen and oxygen atoms in total. The first-order chi connectivity index (χ1) is 20.4. The van der Waals surface area contributed by atoms with E-state index in [0.717, 1.165) is 25.7 Å². The highest BCUT2D eigenvalue weighted by atomic mass is 16.7. The second-order valence-corrected chi connectivity index (χ2v) is 13.3. The Morgan fingerprint density at radius 3 is 2.74 bits per heavy atom. The first kappa shape index (κ1) is 31.8. The summed E-state index contributed by atoms with van der Waals surface area (Å²) < 4.78 is 25.8. The molecule has 4 heterocycles. The molecular weight excluding hydrogens is 548 g/mol. The number of amides is 1. The molecular formula is C34H48N2O7. The van der Waals surface area contributed by atoms with Crippen LogP contribution in [-0.2, 0) is 28.5 Å². The Labute approximate surface area is 255 Å². The van der Waals surface area contributed by atoms with Gasteiger partial charge in [-0.3, -0.25) is 9.59 Å². The van der Waals surface area contributed by atoms with Crippen LogP contribution < -0.4 is 5.43 Å². The first-order valence-corrected chi connectivity index (χ1v) is 15.9. The predicted molar refractivity (Wildman–Crippen MR) is 163 cm³/mol. The summed E-state index contributed by atoms with van der Waals surface area (Å²) in [6.07, 6.45) is 13.6. The molecule has 236 valence electrons. The molecule has 1 amide bonds. The third-order valence-electron chi connectivity index (χ3n) is 9.67. The molecule has 1 aliphatic carbocycles. The van der Waals surface area contributed by atoms with Crippen molar-refractivity contribution in [1.82, 2.24) is 5.43 Å². The number of carbonyl (C=O) groups is 2. The van der Waals surface area contributed by atoms with Gasteiger partial charge in [0.25, 0.3) is 0 Å². The van der Waals surface area contributed by atoms with E-state index in [1.54, 1.807) is 13.0 Å². The van der Waals surface area contributed by atoms with E-state index in [9.17, 15) is 14.7 Å². The summed E-state index contributed by atoms with van der Waals surface area (Å²) in [5.41, 5.74) is 3.61. The maximum atomic E-state index is 14.1. The predicted octanol–water partition coefficient (Wildman–Crippen LogP) is 5.06. The molecule has 2 N–H and O–H groups in total. The largest absolute Gasteiger partial charge is 0.462 e. The molecule has 3 fully saturated rings. The minimum Gasteiger partial charge on any atom is -0.462 e. The lowest BCUT2D eigenvalue weighted by Crippen LogP contribution is -2.57. The van der Waals surface area contributed by atoms with E-state index in [1.165, 1.54) is 12.5 Å². The van der Waals surface area contributed by atoms with Crippen molar-refractivity contribution >= 4 is 17.6 Å². The van der Waals surface area contributed by atoms with E-state index in [2.05, 4.69) is 50.4 Å². The van der Waals surface area contributed by atoms with Crippen molar-refractivity contribution in [2.75, 3.05) is 6.61 Å². The fraction of sp³-hybridized carbons (Fsp3) is 0.676. The summed E-state index contributed by atoms with van der Waals surface area (Å²) in [5, 5.41) is 16.6. The summed E-state index contributed by atoms with van der Waals surface area (Å²) >= 11 is 0. The van der Waals surface area contributed by atoms with Crippen LogP contribution in [0.3, 0.4) is 0 Å². The molecule has 0 radical (unpaired) electrons. The third kappa shape index (κ3) is 6.60. The average molecular weight is 597 g/mol. The van der Waals surface area contributed by atoms with E-state index >= 15 is 0 Å². The second-order valence-electron chi connectivity index (χ2n) is 13.3. The van der Waals surface area contributed by atoms with Gasteiger partial charge in [0, 0.05) is 26.2 Å². The Morgan fingerprint density at radius 2 is 2.00 bits per heavy atom. The number of nitrogens with zero attached hydrogens (tertiary/aromatic N) is 1. The van der Waals surface area contributed by atoms with Crippen LogP contribution >= 0.6 is 0 Å². The first-order valence-electron chi connectivity index (χ1n) is 15.9. The lowest BCUT2D eigenvalue weighted by molar-refractivity contribution is -0.335. The third-order valence-corrected chi connectivity index (χ3v) is 9.67. The van der Waals surface area contributed by atoms with Crippen LogP contribution in [0.2, 0.25) is 0 Å². The molecule has 43 heavy (non-hydrogen) atoms. The van der Waals surface area contributed by atoms with Gasteiger partial charge in [-0.1, -0.05) is 56.7 Å². The molecule has 0 aromatic rings. The van der Waals surface area contributed by atoms with E-state index in [4.69, 9.17) is 18.9 Å². The normalized spacial score (nSPS) is 44.3. The SMILES string of the molecule is CC[C@H]1O[C@]2(CC[C@@H]1C)C[C@@H]1C[C@@H](C/C=C(\C)C[C@@H](C)/C=C/C=C3\CO[C@@H]4/C(=N\NC(C)=O)C(C)=C[C@@H](C(=O)O1)[C@]34O)O2. The zero-order valence-electron chi connectivity index (χ0n) is 26.4. The summed E-state index contributed by atoms with van der Waals surface area (Å²) in [7, 11) is 0. The summed E-state index contributed by atoms with van der Waals surface area (Å²) in [6, 6.07) is 0. The van der Waals surface area contributed by atoms with Gasteiger partial charge in [-0.05, 0) is 62.5 Å². The van der Waals surface area contributed by atoms with Crippen molar-refractivity contribution in [3.05, 3.63) is 47.1 Å². The molecule has 1 spiro atoms. The topological polar surface area (TPSA) is 116 Å². The molecule has 4 aliphatic heterocycles. The molecule has 5 aliphatic rings. The van der Waals surface area contributed by atoms with Gasteiger partial charge in [0.1, 0.15) is 23.7 Å². The number of ether oxygens (including phenoxy) is 4. The van der Waals surface area contributed by atoms with Crippen LogP contribution in [0.25, 0.3) is 0 Å². The molecule has 0 saturated carbocycles. The van der Waals surface area contributed by atoms with Crippen molar-refractivity contribution in [2.24, 2.45) is 22.9 Å². The second kappa shape index (κ2) is 12.8. The van der Waals surface area contributed by atoms with Crippen LogP contribution in [0.15, 0.2) is 52.2 Å². The van der Waals surface area contributed by atoms with Crippen LogP contribution in [0.4, 0.5) is 0 Å². The number of carbonyl (C=O) groups excluding carboxylic acids is 2. The Kier molecular flexibility index (Phi) is 9.47. The zero-order valence-corrected chi connectivity index (χ0v) is 26.4. The Hall–Kier alpha value is -2.59. The minimum atomic E-state index is -1.72. The van der Waals surface area contributed by atoms with Crippen molar-refractivity contribution in [1.29, 1.82) is 0 Å².